The van der Waals surface area contributed by atoms with Crippen LogP contribution in [0.4, 0.5) is 0 Å². The van der Waals surface area contributed by atoms with Crippen LogP contribution in [0.15, 0.2) is 24.3 Å². The zero-order valence-electron chi connectivity index (χ0n) is 17.1. The Morgan fingerprint density at radius 2 is 2.07 bits per heavy atom. The predicted octanol–water partition coefficient (Wildman–Crippen LogP) is 3.31. The Morgan fingerprint density at radius 3 is 2.82 bits per heavy atom. The fourth-order valence-electron chi connectivity index (χ4n) is 6.58. The van der Waals surface area contributed by atoms with Crippen molar-refractivity contribution in [2.24, 2.45) is 23.2 Å². The summed E-state index contributed by atoms with van der Waals surface area (Å²) < 4.78 is 17.6. The monoisotopic (exact) mass is 385 g/mol. The number of esters is 1. The maximum atomic E-state index is 12.7. The van der Waals surface area contributed by atoms with Crippen LogP contribution in [0.1, 0.15) is 45.1 Å². The molecule has 4 fully saturated rings. The van der Waals surface area contributed by atoms with Gasteiger partial charge in [0, 0.05) is 24.4 Å². The third-order valence-electron chi connectivity index (χ3n) is 8.05. The molecule has 2 heterocycles. The Bertz CT molecular complexity index is 764. The number of hydrogen-bond acceptors (Lipinski definition) is 5. The highest BCUT2D eigenvalue weighted by atomic mass is 16.6. The van der Waals surface area contributed by atoms with E-state index in [2.05, 4.69) is 31.3 Å². The zero-order chi connectivity index (χ0) is 19.5. The van der Waals surface area contributed by atoms with E-state index in [1.54, 1.807) is 7.11 Å². The van der Waals surface area contributed by atoms with Crippen molar-refractivity contribution in [2.45, 2.75) is 63.9 Å². The van der Waals surface area contributed by atoms with Gasteiger partial charge >= 0.3 is 5.97 Å². The highest BCUT2D eigenvalue weighted by molar-refractivity contribution is 5.76. The minimum absolute atomic E-state index is 0.0192. The minimum atomic E-state index is -0.105. The van der Waals surface area contributed by atoms with Crippen LogP contribution in [0.3, 0.4) is 0 Å². The molecule has 4 aliphatic rings. The topological polar surface area (TPSA) is 60.1 Å². The molecule has 5 nitrogen and oxygen atoms in total. The van der Waals surface area contributed by atoms with Gasteiger partial charge in [-0.3, -0.25) is 4.79 Å². The lowest BCUT2D eigenvalue weighted by molar-refractivity contribution is -0.146. The number of ether oxygens (including phenoxy) is 3. The number of benzene rings is 1. The Morgan fingerprint density at radius 1 is 1.29 bits per heavy atom. The van der Waals surface area contributed by atoms with Crippen molar-refractivity contribution in [3.63, 3.8) is 0 Å². The van der Waals surface area contributed by atoms with Gasteiger partial charge in [-0.1, -0.05) is 32.4 Å². The van der Waals surface area contributed by atoms with E-state index in [4.69, 9.17) is 14.2 Å². The molecule has 2 saturated carbocycles. The second kappa shape index (κ2) is 6.46. The second-order valence-corrected chi connectivity index (χ2v) is 9.53. The molecule has 1 aromatic rings. The molecule has 0 unspecified atom stereocenters. The normalized spacial score (nSPS) is 43.5. The molecule has 2 saturated heterocycles. The van der Waals surface area contributed by atoms with Crippen LogP contribution in [0, 0.1) is 23.2 Å². The van der Waals surface area contributed by atoms with Crippen molar-refractivity contribution in [1.29, 1.82) is 0 Å². The summed E-state index contributed by atoms with van der Waals surface area (Å²) in [6, 6.07) is 8.03. The summed E-state index contributed by atoms with van der Waals surface area (Å²) in [6.45, 7) is 6.08. The number of carbonyl (C=O) groups excluding carboxylic acids is 1. The van der Waals surface area contributed by atoms with Crippen molar-refractivity contribution < 1.29 is 19.0 Å². The van der Waals surface area contributed by atoms with Crippen molar-refractivity contribution in [3.8, 4) is 5.75 Å². The molecule has 1 spiro atoms. The van der Waals surface area contributed by atoms with Gasteiger partial charge in [0.15, 0.2) is 0 Å². The Hall–Kier alpha value is -1.59. The quantitative estimate of drug-likeness (QED) is 0.622. The van der Waals surface area contributed by atoms with Gasteiger partial charge in [0.2, 0.25) is 0 Å². The van der Waals surface area contributed by atoms with Crippen LogP contribution >= 0.6 is 0 Å². The lowest BCUT2D eigenvalue weighted by Crippen LogP contribution is -2.54. The summed E-state index contributed by atoms with van der Waals surface area (Å²) >= 11 is 0. The maximum absolute atomic E-state index is 12.7. The molecule has 2 aliphatic heterocycles. The molecule has 0 bridgehead atoms. The number of hydrogen-bond donors (Lipinski definition) is 1. The highest BCUT2D eigenvalue weighted by Crippen LogP contribution is 2.70. The van der Waals surface area contributed by atoms with Crippen LogP contribution < -0.4 is 10.1 Å². The molecule has 2 aliphatic carbocycles. The van der Waals surface area contributed by atoms with Crippen LogP contribution in [-0.2, 0) is 20.8 Å². The fourth-order valence-corrected chi connectivity index (χ4v) is 6.58. The van der Waals surface area contributed by atoms with Crippen LogP contribution in [0.5, 0.6) is 5.75 Å². The number of methoxy groups -OCH3 is 1. The number of rotatable bonds is 5. The van der Waals surface area contributed by atoms with Gasteiger partial charge in [-0.2, -0.15) is 0 Å². The summed E-state index contributed by atoms with van der Waals surface area (Å²) in [7, 11) is 1.67. The van der Waals surface area contributed by atoms with Gasteiger partial charge in [-0.25, -0.2) is 0 Å². The van der Waals surface area contributed by atoms with Crippen LogP contribution in [0.2, 0.25) is 0 Å². The van der Waals surface area contributed by atoms with E-state index in [-0.39, 0.29) is 41.0 Å². The maximum Gasteiger partial charge on any atom is 0.311 e. The molecule has 5 rings (SSSR count). The van der Waals surface area contributed by atoms with Crippen molar-refractivity contribution in [3.05, 3.63) is 29.8 Å². The Balaban J connectivity index is 1.27. The second-order valence-electron chi connectivity index (χ2n) is 9.53. The lowest BCUT2D eigenvalue weighted by Gasteiger charge is -2.48. The van der Waals surface area contributed by atoms with E-state index >= 15 is 0 Å². The van der Waals surface area contributed by atoms with Gasteiger partial charge in [0.05, 0.1) is 19.1 Å². The Kier molecular flexibility index (Phi) is 4.25. The molecule has 0 radical (unpaired) electrons. The molecule has 28 heavy (non-hydrogen) atoms. The van der Waals surface area contributed by atoms with Crippen LogP contribution in [-0.4, -0.2) is 37.4 Å². The first-order valence-corrected chi connectivity index (χ1v) is 10.7. The summed E-state index contributed by atoms with van der Waals surface area (Å²) in [5.74, 6) is 1.48. The lowest BCUT2D eigenvalue weighted by atomic mass is 9.53. The van der Waals surface area contributed by atoms with E-state index in [1.807, 2.05) is 12.1 Å². The number of carbonyl (C=O) groups is 1. The average Bonchev–Trinajstić information content (AvgIpc) is 3.36. The molecule has 5 heteroatoms. The smallest absolute Gasteiger partial charge is 0.311 e. The first-order chi connectivity index (χ1) is 13.5. The molecular formula is C23H31NO4. The fraction of sp³-hybridized carbons (Fsp3) is 0.696. The van der Waals surface area contributed by atoms with Crippen molar-refractivity contribution in [1.82, 2.24) is 5.32 Å². The molecule has 0 aromatic heterocycles. The first-order valence-electron chi connectivity index (χ1n) is 10.7. The third kappa shape index (κ3) is 2.55. The Labute approximate surface area is 167 Å². The minimum Gasteiger partial charge on any atom is -0.497 e. The largest absolute Gasteiger partial charge is 0.497 e. The average molecular weight is 386 g/mol. The van der Waals surface area contributed by atoms with E-state index in [0.717, 1.165) is 18.7 Å². The van der Waals surface area contributed by atoms with Gasteiger partial charge in [0.25, 0.3) is 0 Å². The highest BCUT2D eigenvalue weighted by Gasteiger charge is 2.78. The van der Waals surface area contributed by atoms with Gasteiger partial charge in [0.1, 0.15) is 17.5 Å². The molecule has 1 N–H and O–H groups in total. The molecule has 0 amide bonds. The third-order valence-corrected chi connectivity index (χ3v) is 8.05. The molecule has 1 aromatic carbocycles. The van der Waals surface area contributed by atoms with Crippen LogP contribution in [0.25, 0.3) is 0 Å². The standard InChI is InChI=1S/C23H31NO4/c1-14-5-4-10-22(2)11-18-19(20-23(14,22)28-20)17(21(25)27-18)13-24-12-15-6-8-16(26-3)9-7-15/h6-9,14,17-20,24H,4-5,10-13H2,1-3H3/t14-,17-,18+,19+,20-,22+,23-/m0/s1. The summed E-state index contributed by atoms with van der Waals surface area (Å²) in [5, 5.41) is 3.48. The molecule has 7 atom stereocenters. The summed E-state index contributed by atoms with van der Waals surface area (Å²) in [4.78, 5) is 12.7. The number of nitrogens with one attached hydrogen (secondary N) is 1. The van der Waals surface area contributed by atoms with Crippen molar-refractivity contribution >= 4 is 5.97 Å². The molecule has 152 valence electrons. The predicted molar refractivity (Wildman–Crippen MR) is 105 cm³/mol. The van der Waals surface area contributed by atoms with Gasteiger partial charge in [-0.15, -0.1) is 0 Å². The van der Waals surface area contributed by atoms with E-state index in [9.17, 15) is 4.79 Å². The summed E-state index contributed by atoms with van der Waals surface area (Å²) in [5.41, 5.74) is 1.32. The molecular weight excluding hydrogens is 354 g/mol. The van der Waals surface area contributed by atoms with E-state index < -0.39 is 0 Å². The van der Waals surface area contributed by atoms with E-state index in [1.165, 1.54) is 24.8 Å². The first kappa shape index (κ1) is 18.4. The SMILES string of the molecule is COc1ccc(CNC[C@@H]2C(=O)O[C@@H]3C[C@@]4(C)CCC[C@H](C)[C@@]45O[C@H]5[C@H]23)cc1. The summed E-state index contributed by atoms with van der Waals surface area (Å²) in [6.07, 6.45) is 4.85. The number of epoxide rings is 1. The van der Waals surface area contributed by atoms with E-state index in [0.29, 0.717) is 12.5 Å². The van der Waals surface area contributed by atoms with Gasteiger partial charge < -0.3 is 19.5 Å². The zero-order valence-corrected chi connectivity index (χ0v) is 17.1. The number of fused-ring (bicyclic) bond motifs is 2. The van der Waals surface area contributed by atoms with Gasteiger partial charge in [-0.05, 0) is 42.9 Å². The van der Waals surface area contributed by atoms with Crippen molar-refractivity contribution in [2.75, 3.05) is 13.7 Å².